The summed E-state index contributed by atoms with van der Waals surface area (Å²) in [7, 11) is 3.60. The molecular weight excluding hydrogens is 250 g/mol. The van der Waals surface area contributed by atoms with Crippen molar-refractivity contribution >= 4 is 0 Å². The number of benzene rings is 1. The molecular formula is C16H21N3O. The molecule has 0 aliphatic rings. The van der Waals surface area contributed by atoms with Gasteiger partial charge in [-0.2, -0.15) is 0 Å². The molecule has 2 aromatic rings. The topological polar surface area (TPSA) is 47.0 Å². The van der Waals surface area contributed by atoms with Gasteiger partial charge in [0.05, 0.1) is 13.2 Å². The first kappa shape index (κ1) is 14.5. The van der Waals surface area contributed by atoms with Gasteiger partial charge in [0.15, 0.2) is 0 Å². The lowest BCUT2D eigenvalue weighted by molar-refractivity contribution is 0.403. The number of hydrogen-bond acceptors (Lipinski definition) is 4. The van der Waals surface area contributed by atoms with Gasteiger partial charge in [0.1, 0.15) is 11.6 Å². The van der Waals surface area contributed by atoms with Crippen molar-refractivity contribution in [3.63, 3.8) is 0 Å². The van der Waals surface area contributed by atoms with Crippen LogP contribution in [0.2, 0.25) is 0 Å². The van der Waals surface area contributed by atoms with Crippen molar-refractivity contribution < 1.29 is 4.74 Å². The zero-order valence-corrected chi connectivity index (χ0v) is 12.7. The fourth-order valence-electron chi connectivity index (χ4n) is 2.43. The minimum absolute atomic E-state index is 0.0776. The van der Waals surface area contributed by atoms with Crippen LogP contribution in [0.5, 0.6) is 5.75 Å². The van der Waals surface area contributed by atoms with Crippen LogP contribution in [0.1, 0.15) is 34.1 Å². The smallest absolute Gasteiger partial charge is 0.149 e. The van der Waals surface area contributed by atoms with Gasteiger partial charge in [0, 0.05) is 18.0 Å². The molecule has 4 heteroatoms. The first-order valence-corrected chi connectivity index (χ1v) is 6.67. The van der Waals surface area contributed by atoms with Gasteiger partial charge in [-0.15, -0.1) is 0 Å². The lowest BCUT2D eigenvalue weighted by Crippen LogP contribution is -2.22. The van der Waals surface area contributed by atoms with E-state index < -0.39 is 0 Å². The first-order valence-electron chi connectivity index (χ1n) is 6.67. The second-order valence-corrected chi connectivity index (χ2v) is 5.04. The van der Waals surface area contributed by atoms with E-state index in [1.54, 1.807) is 7.11 Å². The van der Waals surface area contributed by atoms with Crippen molar-refractivity contribution in [1.29, 1.82) is 0 Å². The maximum absolute atomic E-state index is 5.54. The summed E-state index contributed by atoms with van der Waals surface area (Å²) in [6.07, 6.45) is 3.67. The molecule has 1 atom stereocenters. The quantitative estimate of drug-likeness (QED) is 0.929. The molecule has 2 rings (SSSR count). The Labute approximate surface area is 120 Å². The Morgan fingerprint density at radius 3 is 2.25 bits per heavy atom. The average molecular weight is 271 g/mol. The summed E-state index contributed by atoms with van der Waals surface area (Å²) in [5, 5.41) is 3.28. The van der Waals surface area contributed by atoms with Gasteiger partial charge in [-0.3, -0.25) is 0 Å². The van der Waals surface area contributed by atoms with Gasteiger partial charge in [-0.1, -0.05) is 6.07 Å². The first-order chi connectivity index (χ1) is 9.56. The molecule has 0 saturated heterocycles. The van der Waals surface area contributed by atoms with Gasteiger partial charge >= 0.3 is 0 Å². The molecule has 0 aliphatic heterocycles. The molecule has 1 unspecified atom stereocenters. The molecule has 4 nitrogen and oxygen atoms in total. The summed E-state index contributed by atoms with van der Waals surface area (Å²) < 4.78 is 5.54. The highest BCUT2D eigenvalue weighted by Crippen LogP contribution is 2.32. The third-order valence-corrected chi connectivity index (χ3v) is 3.35. The Bertz CT molecular complexity index is 593. The maximum atomic E-state index is 5.54. The van der Waals surface area contributed by atoms with Gasteiger partial charge < -0.3 is 10.1 Å². The second kappa shape index (κ2) is 6.01. The van der Waals surface area contributed by atoms with Crippen molar-refractivity contribution in [2.24, 2.45) is 0 Å². The van der Waals surface area contributed by atoms with E-state index in [4.69, 9.17) is 4.74 Å². The molecule has 1 aromatic heterocycles. The third-order valence-electron chi connectivity index (χ3n) is 3.35. The number of methoxy groups -OCH3 is 1. The summed E-state index contributed by atoms with van der Waals surface area (Å²) in [6.45, 7) is 6.13. The minimum Gasteiger partial charge on any atom is -0.496 e. The highest BCUT2D eigenvalue weighted by Gasteiger charge is 2.21. The van der Waals surface area contributed by atoms with Crippen LogP contribution in [-0.2, 0) is 0 Å². The lowest BCUT2D eigenvalue weighted by atomic mass is 9.97. The molecule has 0 radical (unpaired) electrons. The summed E-state index contributed by atoms with van der Waals surface area (Å²) in [5.41, 5.74) is 4.49. The van der Waals surface area contributed by atoms with Crippen LogP contribution < -0.4 is 10.1 Å². The van der Waals surface area contributed by atoms with Gasteiger partial charge in [0.2, 0.25) is 0 Å². The number of nitrogens with zero attached hydrogens (tertiary/aromatic N) is 2. The summed E-state index contributed by atoms with van der Waals surface area (Å²) in [5.74, 6) is 1.62. The summed E-state index contributed by atoms with van der Waals surface area (Å²) in [6, 6.07) is 4.11. The Hall–Kier alpha value is -1.94. The van der Waals surface area contributed by atoms with Crippen LogP contribution in [-0.4, -0.2) is 24.1 Å². The highest BCUT2D eigenvalue weighted by molar-refractivity contribution is 5.47. The zero-order valence-electron chi connectivity index (χ0n) is 12.7. The molecule has 0 saturated carbocycles. The number of hydrogen-bond donors (Lipinski definition) is 1. The Morgan fingerprint density at radius 2 is 1.70 bits per heavy atom. The monoisotopic (exact) mass is 271 g/mol. The Kier molecular flexibility index (Phi) is 4.35. The van der Waals surface area contributed by atoms with E-state index in [0.717, 1.165) is 22.7 Å². The maximum Gasteiger partial charge on any atom is 0.149 e. The van der Waals surface area contributed by atoms with Crippen molar-refractivity contribution in [3.05, 3.63) is 52.6 Å². The van der Waals surface area contributed by atoms with E-state index in [2.05, 4.69) is 35.2 Å². The van der Waals surface area contributed by atoms with Gasteiger partial charge in [-0.25, -0.2) is 9.97 Å². The molecule has 20 heavy (non-hydrogen) atoms. The van der Waals surface area contributed by atoms with Crippen molar-refractivity contribution in [1.82, 2.24) is 15.3 Å². The van der Waals surface area contributed by atoms with E-state index in [1.807, 2.05) is 32.4 Å². The van der Waals surface area contributed by atoms with E-state index in [1.165, 1.54) is 11.1 Å². The second-order valence-electron chi connectivity index (χ2n) is 5.04. The van der Waals surface area contributed by atoms with Crippen LogP contribution in [0.15, 0.2) is 24.5 Å². The van der Waals surface area contributed by atoms with E-state index >= 15 is 0 Å². The summed E-state index contributed by atoms with van der Waals surface area (Å²) >= 11 is 0. The normalized spacial score (nSPS) is 12.2. The predicted octanol–water partition coefficient (Wildman–Crippen LogP) is 2.72. The Balaban J connectivity index is 2.54. The molecule has 0 bridgehead atoms. The molecule has 0 spiro atoms. The van der Waals surface area contributed by atoms with Crippen LogP contribution in [0.25, 0.3) is 0 Å². The van der Waals surface area contributed by atoms with Crippen molar-refractivity contribution in [3.8, 4) is 5.75 Å². The molecule has 1 heterocycles. The van der Waals surface area contributed by atoms with Crippen LogP contribution >= 0.6 is 0 Å². The minimum atomic E-state index is -0.0776. The van der Waals surface area contributed by atoms with Crippen LogP contribution in [0.3, 0.4) is 0 Å². The summed E-state index contributed by atoms with van der Waals surface area (Å²) in [4.78, 5) is 8.87. The van der Waals surface area contributed by atoms with Crippen LogP contribution in [0.4, 0.5) is 0 Å². The molecule has 106 valence electrons. The molecule has 1 aromatic carbocycles. The molecule has 0 fully saturated rings. The number of rotatable bonds is 4. The third kappa shape index (κ3) is 2.80. The van der Waals surface area contributed by atoms with Gasteiger partial charge in [-0.05, 0) is 50.6 Å². The fraction of sp³-hybridized carbons (Fsp3) is 0.375. The molecule has 0 amide bonds. The SMILES string of the molecule is CNC(c1ncc(C)cn1)c1c(C)cc(C)cc1OC. The van der Waals surface area contributed by atoms with Crippen molar-refractivity contribution in [2.45, 2.75) is 26.8 Å². The fourth-order valence-corrected chi connectivity index (χ4v) is 2.43. The number of nitrogens with one attached hydrogen (secondary N) is 1. The zero-order chi connectivity index (χ0) is 14.7. The molecule has 0 aliphatic carbocycles. The highest BCUT2D eigenvalue weighted by atomic mass is 16.5. The van der Waals surface area contributed by atoms with E-state index in [-0.39, 0.29) is 6.04 Å². The van der Waals surface area contributed by atoms with Crippen LogP contribution in [0, 0.1) is 20.8 Å². The number of aromatic nitrogens is 2. The number of ether oxygens (including phenoxy) is 1. The average Bonchev–Trinajstić information content (AvgIpc) is 2.43. The molecule has 1 N–H and O–H groups in total. The Morgan fingerprint density at radius 1 is 1.05 bits per heavy atom. The number of aryl methyl sites for hydroxylation is 3. The standard InChI is InChI=1S/C16H21N3O/c1-10-6-12(3)14(13(7-10)20-5)15(17-4)16-18-8-11(2)9-19-16/h6-9,15,17H,1-5H3. The van der Waals surface area contributed by atoms with Gasteiger partial charge in [0.25, 0.3) is 0 Å². The lowest BCUT2D eigenvalue weighted by Gasteiger charge is -2.21. The van der Waals surface area contributed by atoms with E-state index in [9.17, 15) is 0 Å². The van der Waals surface area contributed by atoms with Crippen molar-refractivity contribution in [2.75, 3.05) is 14.2 Å². The van der Waals surface area contributed by atoms with E-state index in [0.29, 0.717) is 0 Å². The predicted molar refractivity (Wildman–Crippen MR) is 80.1 cm³/mol. The largest absolute Gasteiger partial charge is 0.496 e.